The van der Waals surface area contributed by atoms with Crippen LogP contribution in [0.4, 0.5) is 5.82 Å². The van der Waals surface area contributed by atoms with Crippen molar-refractivity contribution in [3.63, 3.8) is 0 Å². The molecule has 0 saturated heterocycles. The van der Waals surface area contributed by atoms with Gasteiger partial charge in [0.25, 0.3) is 0 Å². The minimum absolute atomic E-state index is 0.0249. The number of anilines is 1. The Balaban J connectivity index is 3.16. The number of hydrogen-bond acceptors (Lipinski definition) is 6. The van der Waals surface area contributed by atoms with Crippen LogP contribution < -0.4 is 10.6 Å². The molecule has 1 aromatic heterocycles. The van der Waals surface area contributed by atoms with E-state index < -0.39 is 9.84 Å². The largest absolute Gasteiger partial charge is 0.409 e. The molecule has 0 aliphatic rings. The second-order valence-electron chi connectivity index (χ2n) is 4.73. The Morgan fingerprint density at radius 1 is 1.55 bits per heavy atom. The van der Waals surface area contributed by atoms with Crippen LogP contribution in [0.15, 0.2) is 28.4 Å². The maximum absolute atomic E-state index is 11.8. The monoisotopic (exact) mass is 300 g/mol. The average molecular weight is 300 g/mol. The van der Waals surface area contributed by atoms with Gasteiger partial charge < -0.3 is 15.8 Å². The van der Waals surface area contributed by atoms with Gasteiger partial charge in [-0.25, -0.2) is 13.4 Å². The molecular formula is C12H20N4O3S. The summed E-state index contributed by atoms with van der Waals surface area (Å²) in [5.74, 6) is 0.475. The van der Waals surface area contributed by atoms with Crippen molar-refractivity contribution in [2.75, 3.05) is 17.7 Å². The third-order valence-electron chi connectivity index (χ3n) is 2.78. The molecule has 0 aliphatic carbocycles. The minimum Gasteiger partial charge on any atom is -0.409 e. The lowest BCUT2D eigenvalue weighted by atomic mass is 10.2. The number of hydrogen-bond donors (Lipinski definition) is 2. The molecule has 112 valence electrons. The van der Waals surface area contributed by atoms with Crippen LogP contribution in [0.3, 0.4) is 0 Å². The smallest absolute Gasteiger partial charge is 0.179 e. The van der Waals surface area contributed by atoms with E-state index in [9.17, 15) is 8.42 Å². The zero-order valence-electron chi connectivity index (χ0n) is 11.8. The Morgan fingerprint density at radius 2 is 2.20 bits per heavy atom. The van der Waals surface area contributed by atoms with Crippen LogP contribution in [0.25, 0.3) is 0 Å². The van der Waals surface area contributed by atoms with E-state index in [2.05, 4.69) is 10.1 Å². The summed E-state index contributed by atoms with van der Waals surface area (Å²) >= 11 is 0. The van der Waals surface area contributed by atoms with E-state index >= 15 is 0 Å². The SMILES string of the molecule is CC(C)N(CC/C(N)=N/O)c1ncccc1S(C)(=O)=O. The van der Waals surface area contributed by atoms with E-state index in [1.54, 1.807) is 12.3 Å². The second-order valence-corrected chi connectivity index (χ2v) is 6.71. The second kappa shape index (κ2) is 6.56. The molecule has 0 aliphatic heterocycles. The number of oxime groups is 1. The molecular weight excluding hydrogens is 280 g/mol. The van der Waals surface area contributed by atoms with Crippen LogP contribution in [0.2, 0.25) is 0 Å². The number of sulfone groups is 1. The molecule has 1 heterocycles. The maximum Gasteiger partial charge on any atom is 0.179 e. The van der Waals surface area contributed by atoms with Crippen LogP contribution in [0, 0.1) is 0 Å². The van der Waals surface area contributed by atoms with Crippen LogP contribution in [-0.2, 0) is 9.84 Å². The lowest BCUT2D eigenvalue weighted by Crippen LogP contribution is -2.35. The van der Waals surface area contributed by atoms with Gasteiger partial charge in [0.2, 0.25) is 0 Å². The highest BCUT2D eigenvalue weighted by atomic mass is 32.2. The number of nitrogens with two attached hydrogens (primary N) is 1. The number of amidine groups is 1. The maximum atomic E-state index is 11.8. The van der Waals surface area contributed by atoms with Crippen molar-refractivity contribution in [1.29, 1.82) is 0 Å². The summed E-state index contributed by atoms with van der Waals surface area (Å²) in [5.41, 5.74) is 5.46. The van der Waals surface area contributed by atoms with Crippen molar-refractivity contribution in [2.45, 2.75) is 31.2 Å². The van der Waals surface area contributed by atoms with Gasteiger partial charge in [0.15, 0.2) is 9.84 Å². The molecule has 0 fully saturated rings. The summed E-state index contributed by atoms with van der Waals surface area (Å²) in [6, 6.07) is 3.13. The molecule has 0 atom stereocenters. The van der Waals surface area contributed by atoms with E-state index in [-0.39, 0.29) is 16.8 Å². The van der Waals surface area contributed by atoms with E-state index in [4.69, 9.17) is 10.9 Å². The Hall–Kier alpha value is -1.83. The van der Waals surface area contributed by atoms with Gasteiger partial charge in [-0.3, -0.25) is 0 Å². The van der Waals surface area contributed by atoms with Gasteiger partial charge in [-0.1, -0.05) is 5.16 Å². The molecule has 3 N–H and O–H groups in total. The fourth-order valence-electron chi connectivity index (χ4n) is 1.78. The van der Waals surface area contributed by atoms with Crippen LogP contribution >= 0.6 is 0 Å². The van der Waals surface area contributed by atoms with E-state index in [0.29, 0.717) is 18.8 Å². The molecule has 0 amide bonds. The number of pyridine rings is 1. The van der Waals surface area contributed by atoms with Gasteiger partial charge in [0.05, 0.1) is 0 Å². The third kappa shape index (κ3) is 4.09. The molecule has 0 spiro atoms. The summed E-state index contributed by atoms with van der Waals surface area (Å²) in [4.78, 5) is 6.16. The highest BCUT2D eigenvalue weighted by molar-refractivity contribution is 7.90. The Kier molecular flexibility index (Phi) is 5.32. The Labute approximate surface area is 119 Å². The number of rotatable bonds is 6. The standard InChI is InChI=1S/C12H20N4O3S/c1-9(2)16(8-6-11(13)15-17)12-10(20(3,18)19)5-4-7-14-12/h4-5,7,9,17H,6,8H2,1-3H3,(H2,13,15). The fraction of sp³-hybridized carbons (Fsp3) is 0.500. The summed E-state index contributed by atoms with van der Waals surface area (Å²) in [6.45, 7) is 4.26. The van der Waals surface area contributed by atoms with Crippen LogP contribution in [0.5, 0.6) is 0 Å². The first kappa shape index (κ1) is 16.2. The van der Waals surface area contributed by atoms with Crippen molar-refractivity contribution in [2.24, 2.45) is 10.9 Å². The first-order valence-corrected chi connectivity index (χ1v) is 8.04. The lowest BCUT2D eigenvalue weighted by Gasteiger charge is -2.29. The molecule has 0 radical (unpaired) electrons. The van der Waals surface area contributed by atoms with Gasteiger partial charge in [-0.2, -0.15) is 0 Å². The average Bonchev–Trinajstić information content (AvgIpc) is 2.37. The molecule has 20 heavy (non-hydrogen) atoms. The molecule has 0 aromatic carbocycles. The van der Waals surface area contributed by atoms with E-state index in [1.807, 2.05) is 18.7 Å². The van der Waals surface area contributed by atoms with Crippen molar-refractivity contribution < 1.29 is 13.6 Å². The lowest BCUT2D eigenvalue weighted by molar-refractivity contribution is 0.317. The molecule has 7 nitrogen and oxygen atoms in total. The Morgan fingerprint density at radius 3 is 2.70 bits per heavy atom. The van der Waals surface area contributed by atoms with E-state index in [1.165, 1.54) is 6.07 Å². The predicted molar refractivity (Wildman–Crippen MR) is 77.9 cm³/mol. The topological polar surface area (TPSA) is 109 Å². The fourth-order valence-corrected chi connectivity index (χ4v) is 2.61. The minimum atomic E-state index is -3.37. The first-order valence-electron chi connectivity index (χ1n) is 6.15. The van der Waals surface area contributed by atoms with Gasteiger partial charge in [-0.15, -0.1) is 0 Å². The van der Waals surface area contributed by atoms with Crippen molar-refractivity contribution in [3.05, 3.63) is 18.3 Å². The number of aromatic nitrogens is 1. The highest BCUT2D eigenvalue weighted by Crippen LogP contribution is 2.24. The normalized spacial score (nSPS) is 12.7. The van der Waals surface area contributed by atoms with Gasteiger partial charge in [-0.05, 0) is 26.0 Å². The zero-order chi connectivity index (χ0) is 15.3. The number of nitrogens with zero attached hydrogens (tertiary/aromatic N) is 3. The van der Waals surface area contributed by atoms with Gasteiger partial charge in [0, 0.05) is 31.5 Å². The summed E-state index contributed by atoms with van der Waals surface area (Å²) < 4.78 is 23.6. The van der Waals surface area contributed by atoms with Gasteiger partial charge in [0.1, 0.15) is 16.5 Å². The highest BCUT2D eigenvalue weighted by Gasteiger charge is 2.21. The molecule has 0 unspecified atom stereocenters. The predicted octanol–water partition coefficient (Wildman–Crippen LogP) is 0.836. The summed E-state index contributed by atoms with van der Waals surface area (Å²) in [6.07, 6.45) is 3.01. The van der Waals surface area contributed by atoms with Crippen molar-refractivity contribution >= 4 is 21.5 Å². The molecule has 1 rings (SSSR count). The van der Waals surface area contributed by atoms with Crippen LogP contribution in [-0.4, -0.2) is 43.3 Å². The Bertz CT molecular complexity index is 584. The quantitative estimate of drug-likeness (QED) is 0.349. The third-order valence-corrected chi connectivity index (χ3v) is 3.90. The summed E-state index contributed by atoms with van der Waals surface area (Å²) in [5, 5.41) is 11.5. The molecule has 8 heteroatoms. The van der Waals surface area contributed by atoms with Crippen LogP contribution in [0.1, 0.15) is 20.3 Å². The molecule has 0 bridgehead atoms. The summed E-state index contributed by atoms with van der Waals surface area (Å²) in [7, 11) is -3.37. The van der Waals surface area contributed by atoms with Gasteiger partial charge >= 0.3 is 0 Å². The molecule has 0 saturated carbocycles. The molecule has 1 aromatic rings. The zero-order valence-corrected chi connectivity index (χ0v) is 12.6. The van der Waals surface area contributed by atoms with E-state index in [0.717, 1.165) is 6.26 Å². The first-order chi connectivity index (χ1) is 9.27. The van der Waals surface area contributed by atoms with Crippen molar-refractivity contribution in [1.82, 2.24) is 4.98 Å². The van der Waals surface area contributed by atoms with Crippen molar-refractivity contribution in [3.8, 4) is 0 Å².